The standard InChI is InChI=1S/C13H18F3NO5S/c1-12(2,3)10-9-7(6-17(10)11(18)19)4-5-8(9)22-23(20,21)13(14,15)16/h5,7,9-10H,4,6H2,1-3H3,(H,18,19). The number of fused-ring (bicyclic) bond motifs is 1. The van der Waals surface area contributed by atoms with Crippen molar-refractivity contribution in [3.8, 4) is 0 Å². The van der Waals surface area contributed by atoms with Crippen molar-refractivity contribution in [2.75, 3.05) is 6.54 Å². The molecule has 2 aliphatic rings. The van der Waals surface area contributed by atoms with Crippen LogP contribution in [0.5, 0.6) is 0 Å². The fraction of sp³-hybridized carbons (Fsp3) is 0.769. The Labute approximate surface area is 132 Å². The zero-order valence-corrected chi connectivity index (χ0v) is 13.6. The number of rotatable bonds is 2. The van der Waals surface area contributed by atoms with Crippen LogP contribution in [-0.4, -0.2) is 42.6 Å². The molecule has 1 N–H and O–H groups in total. The molecule has 3 unspecified atom stereocenters. The largest absolute Gasteiger partial charge is 0.534 e. The predicted molar refractivity (Wildman–Crippen MR) is 73.7 cm³/mol. The maximum atomic E-state index is 12.5. The van der Waals surface area contributed by atoms with Gasteiger partial charge in [0, 0.05) is 12.5 Å². The van der Waals surface area contributed by atoms with Crippen LogP contribution >= 0.6 is 0 Å². The van der Waals surface area contributed by atoms with E-state index in [1.165, 1.54) is 6.08 Å². The second-order valence-corrected chi connectivity index (χ2v) is 8.39. The summed E-state index contributed by atoms with van der Waals surface area (Å²) >= 11 is 0. The monoisotopic (exact) mass is 357 g/mol. The van der Waals surface area contributed by atoms with Gasteiger partial charge < -0.3 is 14.2 Å². The van der Waals surface area contributed by atoms with E-state index in [9.17, 15) is 31.5 Å². The van der Waals surface area contributed by atoms with Crippen LogP contribution in [0.3, 0.4) is 0 Å². The summed E-state index contributed by atoms with van der Waals surface area (Å²) in [4.78, 5) is 12.6. The molecular formula is C13H18F3NO5S. The summed E-state index contributed by atoms with van der Waals surface area (Å²) in [6, 6.07) is -0.665. The molecule has 2 rings (SSSR count). The van der Waals surface area contributed by atoms with Crippen molar-refractivity contribution in [1.82, 2.24) is 4.90 Å². The van der Waals surface area contributed by atoms with Crippen molar-refractivity contribution in [3.63, 3.8) is 0 Å². The highest BCUT2D eigenvalue weighted by molar-refractivity contribution is 7.87. The molecule has 1 aliphatic carbocycles. The highest BCUT2D eigenvalue weighted by Gasteiger charge is 2.56. The number of carbonyl (C=O) groups is 1. The first-order valence-electron chi connectivity index (χ1n) is 6.96. The summed E-state index contributed by atoms with van der Waals surface area (Å²) < 4.78 is 64.4. The van der Waals surface area contributed by atoms with Crippen LogP contribution in [0, 0.1) is 17.3 Å². The molecule has 0 bridgehead atoms. The Hall–Kier alpha value is -1.45. The zero-order chi connectivity index (χ0) is 17.8. The van der Waals surface area contributed by atoms with Gasteiger partial charge in [0.1, 0.15) is 5.76 Å². The van der Waals surface area contributed by atoms with Gasteiger partial charge in [-0.1, -0.05) is 20.8 Å². The van der Waals surface area contributed by atoms with E-state index in [0.717, 1.165) is 4.90 Å². The van der Waals surface area contributed by atoms with Crippen LogP contribution in [-0.2, 0) is 14.3 Å². The molecule has 3 atom stereocenters. The van der Waals surface area contributed by atoms with Crippen LogP contribution in [0.1, 0.15) is 27.2 Å². The SMILES string of the molecule is CC(C)(C)C1C2C(OS(=O)(=O)C(F)(F)F)=CCC2CN1C(=O)O. The first-order chi connectivity index (χ1) is 10.3. The average molecular weight is 357 g/mol. The van der Waals surface area contributed by atoms with Gasteiger partial charge in [0.2, 0.25) is 0 Å². The number of hydrogen-bond acceptors (Lipinski definition) is 4. The van der Waals surface area contributed by atoms with E-state index in [0.29, 0.717) is 0 Å². The topological polar surface area (TPSA) is 83.9 Å². The molecule has 1 amide bonds. The quantitative estimate of drug-likeness (QED) is 0.607. The number of halogens is 3. The lowest BCUT2D eigenvalue weighted by Crippen LogP contribution is -2.46. The van der Waals surface area contributed by atoms with Gasteiger partial charge in [0.25, 0.3) is 0 Å². The van der Waals surface area contributed by atoms with Crippen LogP contribution in [0.4, 0.5) is 18.0 Å². The van der Waals surface area contributed by atoms with Gasteiger partial charge in [-0.2, -0.15) is 21.6 Å². The average Bonchev–Trinajstić information content (AvgIpc) is 2.86. The summed E-state index contributed by atoms with van der Waals surface area (Å²) in [5.41, 5.74) is -6.11. The molecule has 1 aliphatic heterocycles. The molecule has 0 aromatic rings. The maximum absolute atomic E-state index is 12.5. The number of nitrogens with zero attached hydrogens (tertiary/aromatic N) is 1. The Balaban J connectivity index is 2.35. The molecule has 0 saturated carbocycles. The van der Waals surface area contributed by atoms with Crippen molar-refractivity contribution in [3.05, 3.63) is 11.8 Å². The van der Waals surface area contributed by atoms with Crippen LogP contribution in [0.25, 0.3) is 0 Å². The molecule has 0 aromatic carbocycles. The van der Waals surface area contributed by atoms with Gasteiger partial charge in [0.05, 0.1) is 6.04 Å². The van der Waals surface area contributed by atoms with Gasteiger partial charge in [-0.25, -0.2) is 4.79 Å². The molecule has 132 valence electrons. The second-order valence-electron chi connectivity index (χ2n) is 6.86. The van der Waals surface area contributed by atoms with Crippen LogP contribution in [0.2, 0.25) is 0 Å². The Bertz CT molecular complexity index is 635. The molecule has 0 radical (unpaired) electrons. The number of allylic oxidation sites excluding steroid dienone is 1. The Morgan fingerprint density at radius 2 is 1.91 bits per heavy atom. The molecular weight excluding hydrogens is 339 g/mol. The zero-order valence-electron chi connectivity index (χ0n) is 12.8. The fourth-order valence-corrected chi connectivity index (χ4v) is 3.94. The maximum Gasteiger partial charge on any atom is 0.534 e. The fourth-order valence-electron chi connectivity index (χ4n) is 3.41. The minimum atomic E-state index is -5.76. The summed E-state index contributed by atoms with van der Waals surface area (Å²) in [6.45, 7) is 5.40. The van der Waals surface area contributed by atoms with E-state index >= 15 is 0 Å². The number of alkyl halides is 3. The third-order valence-electron chi connectivity index (χ3n) is 4.19. The summed E-state index contributed by atoms with van der Waals surface area (Å²) in [5, 5.41) is 9.32. The van der Waals surface area contributed by atoms with E-state index in [2.05, 4.69) is 4.18 Å². The van der Waals surface area contributed by atoms with Gasteiger partial charge in [-0.15, -0.1) is 0 Å². The summed E-state index contributed by atoms with van der Waals surface area (Å²) in [7, 11) is -5.76. The molecule has 23 heavy (non-hydrogen) atoms. The van der Waals surface area contributed by atoms with Gasteiger partial charge in [-0.05, 0) is 23.8 Å². The van der Waals surface area contributed by atoms with Crippen molar-refractivity contribution >= 4 is 16.2 Å². The minimum Gasteiger partial charge on any atom is -0.465 e. The Kier molecular flexibility index (Phi) is 4.11. The van der Waals surface area contributed by atoms with E-state index in [4.69, 9.17) is 0 Å². The van der Waals surface area contributed by atoms with Gasteiger partial charge >= 0.3 is 21.7 Å². The molecule has 1 heterocycles. The lowest BCUT2D eigenvalue weighted by atomic mass is 9.77. The number of carboxylic acid groups (broad SMARTS) is 1. The van der Waals surface area contributed by atoms with Crippen LogP contribution < -0.4 is 0 Å². The Morgan fingerprint density at radius 1 is 1.35 bits per heavy atom. The Morgan fingerprint density at radius 3 is 2.35 bits per heavy atom. The van der Waals surface area contributed by atoms with Crippen molar-refractivity contribution in [2.24, 2.45) is 17.3 Å². The van der Waals surface area contributed by atoms with E-state index in [1.54, 1.807) is 20.8 Å². The van der Waals surface area contributed by atoms with Gasteiger partial charge in [-0.3, -0.25) is 0 Å². The highest BCUT2D eigenvalue weighted by atomic mass is 32.2. The normalized spacial score (nSPS) is 28.5. The summed E-state index contributed by atoms with van der Waals surface area (Å²) in [5.74, 6) is -1.30. The van der Waals surface area contributed by atoms with Crippen LogP contribution in [0.15, 0.2) is 11.8 Å². The summed E-state index contributed by atoms with van der Waals surface area (Å²) in [6.07, 6.45) is 0.415. The third kappa shape index (κ3) is 3.13. The predicted octanol–water partition coefficient (Wildman–Crippen LogP) is 2.78. The first-order valence-corrected chi connectivity index (χ1v) is 8.37. The van der Waals surface area contributed by atoms with E-state index < -0.39 is 39.1 Å². The molecule has 6 nitrogen and oxygen atoms in total. The number of amides is 1. The molecule has 1 saturated heterocycles. The first kappa shape index (κ1) is 17.9. The molecule has 0 aromatic heterocycles. The van der Waals surface area contributed by atoms with E-state index in [1.807, 2.05) is 0 Å². The molecule has 1 fully saturated rings. The molecule has 10 heteroatoms. The third-order valence-corrected chi connectivity index (χ3v) is 5.17. The smallest absolute Gasteiger partial charge is 0.465 e. The van der Waals surface area contributed by atoms with Gasteiger partial charge in [0.15, 0.2) is 0 Å². The lowest BCUT2D eigenvalue weighted by Gasteiger charge is -2.37. The minimum absolute atomic E-state index is 0.136. The van der Waals surface area contributed by atoms with Crippen molar-refractivity contribution in [1.29, 1.82) is 0 Å². The highest BCUT2D eigenvalue weighted by Crippen LogP contribution is 2.49. The molecule has 0 spiro atoms. The van der Waals surface area contributed by atoms with Crippen molar-refractivity contribution < 1.29 is 35.7 Å². The lowest BCUT2D eigenvalue weighted by molar-refractivity contribution is -0.0530. The number of likely N-dealkylation sites (tertiary alicyclic amines) is 1. The number of hydrogen-bond donors (Lipinski definition) is 1. The second kappa shape index (κ2) is 5.29. The van der Waals surface area contributed by atoms with E-state index in [-0.39, 0.29) is 24.6 Å². The van der Waals surface area contributed by atoms with Crippen molar-refractivity contribution in [2.45, 2.75) is 38.7 Å².